The molecule has 16 bridgehead atoms. The Hall–Kier alpha value is -6.07. The van der Waals surface area contributed by atoms with Gasteiger partial charge in [0.25, 0.3) is 17.5 Å². The van der Waals surface area contributed by atoms with Gasteiger partial charge in [-0.15, -0.1) is 0 Å². The number of fused-ring (bicyclic) bond motifs is 23. The molecule has 16 nitrogen and oxygen atoms in total. The van der Waals surface area contributed by atoms with Crippen molar-refractivity contribution in [3.05, 3.63) is 69.9 Å². The molecule has 3 aromatic rings. The summed E-state index contributed by atoms with van der Waals surface area (Å²) < 4.78 is 0. The molecule has 15 rings (SSSR count). The van der Waals surface area contributed by atoms with E-state index >= 15 is 0 Å². The van der Waals surface area contributed by atoms with E-state index in [4.69, 9.17) is 29.9 Å². The molecule has 8 unspecified atom stereocenters. The Morgan fingerprint density at radius 2 is 0.709 bits per heavy atom. The number of carbonyl (C=O) groups excluding carboxylic acids is 8. The summed E-state index contributed by atoms with van der Waals surface area (Å²) in [5.41, 5.74) is 3.72. The minimum Gasteiger partial charge on any atom is -0.332 e. The van der Waals surface area contributed by atoms with Crippen molar-refractivity contribution in [1.82, 2.24) is 29.9 Å². The molecular formula is C38H18MgN8O8+2. The molecule has 5 heterocycles. The smallest absolute Gasteiger partial charge is 0.332 e. The first kappa shape index (κ1) is 31.3. The van der Waals surface area contributed by atoms with Crippen LogP contribution in [0.5, 0.6) is 0 Å². The van der Waals surface area contributed by atoms with E-state index in [9.17, 15) is 38.4 Å². The van der Waals surface area contributed by atoms with Crippen LogP contribution in [0, 0.1) is 23.7 Å². The third kappa shape index (κ3) is 3.42. The fourth-order valence-electron chi connectivity index (χ4n) is 10.6. The summed E-state index contributed by atoms with van der Waals surface area (Å²) in [5, 5.41) is 0. The number of aromatic amines is 2. The zero-order valence-electron chi connectivity index (χ0n) is 28.0. The second kappa shape index (κ2) is 9.77. The molecule has 12 aliphatic rings. The summed E-state index contributed by atoms with van der Waals surface area (Å²) in [6.07, 6.45) is 7.00. The van der Waals surface area contributed by atoms with Crippen molar-refractivity contribution in [2.24, 2.45) is 23.7 Å². The Kier molecular flexibility index (Phi) is 5.56. The predicted molar refractivity (Wildman–Crippen MR) is 180 cm³/mol. The first-order chi connectivity index (χ1) is 26.1. The van der Waals surface area contributed by atoms with Gasteiger partial charge in [0.05, 0.1) is 58.5 Å². The second-order valence-corrected chi connectivity index (χ2v) is 15.2. The fourth-order valence-corrected chi connectivity index (χ4v) is 10.6. The minimum absolute atomic E-state index is 0. The van der Waals surface area contributed by atoms with E-state index < -0.39 is 93.6 Å². The Balaban J connectivity index is 0.00000335. The molecule has 55 heavy (non-hydrogen) atoms. The SMILES string of the molecule is O=C1C(=O)C2C=CC1C1=C2c2nc3[n-]c(nc4[nH+]c(nc5[n-]c(nc1[nH+]2)c1c5C2C=CC1C(=O)C2=O)C1=C4C2CC1C(=O)C2=O)c1c3C2CC1C(=O)C2=O.[Mg+2]. The number of rotatable bonds is 0. The Labute approximate surface area is 321 Å². The van der Waals surface area contributed by atoms with Crippen LogP contribution in [0.2, 0.25) is 0 Å². The molecule has 258 valence electrons. The van der Waals surface area contributed by atoms with E-state index in [1.54, 1.807) is 24.3 Å². The van der Waals surface area contributed by atoms with E-state index in [1.807, 2.05) is 0 Å². The van der Waals surface area contributed by atoms with Crippen molar-refractivity contribution < 1.29 is 48.3 Å². The topological polar surface area (TPSA) is 245 Å². The van der Waals surface area contributed by atoms with Gasteiger partial charge in [-0.25, -0.2) is 4.98 Å². The molecule has 0 spiro atoms. The molecule has 2 aliphatic heterocycles. The number of allylic oxidation sites excluding steroid dienone is 8. The van der Waals surface area contributed by atoms with Gasteiger partial charge in [0, 0.05) is 33.5 Å². The van der Waals surface area contributed by atoms with Gasteiger partial charge in [-0.3, -0.25) is 48.3 Å². The molecule has 17 heteroatoms. The van der Waals surface area contributed by atoms with Crippen LogP contribution in [0.4, 0.5) is 0 Å². The molecule has 10 aliphatic carbocycles. The maximum absolute atomic E-state index is 13.3. The maximum atomic E-state index is 13.3. The molecule has 3 aromatic heterocycles. The number of H-pyrrole nitrogens is 2. The number of hydrogen-bond acceptors (Lipinski definition) is 12. The molecule has 8 atom stereocenters. The standard InChI is InChI=1S/C38H16N8O8.Mg/c47-23-7-1-3-9(25(23)49)17-15(7)31-39-32-16-8-2-4-10(26(50)24(8)48)18(16)34(41-32)43-36-20-12-6-14(30(54)28(12)52)22(20)38(45-36)46-37-21-13-5-11(27(51)29(13)53)19(21)35(44-37)42-33(17)40-31;/h1-4,7-14H,5-6H2;/q-2;+2/p+2. The van der Waals surface area contributed by atoms with Crippen molar-refractivity contribution in [3.63, 3.8) is 0 Å². The van der Waals surface area contributed by atoms with E-state index in [1.165, 1.54) is 0 Å². The first-order valence-electron chi connectivity index (χ1n) is 17.6. The Morgan fingerprint density at radius 3 is 1.13 bits per heavy atom. The molecule has 0 amide bonds. The monoisotopic (exact) mass is 738 g/mol. The third-order valence-electron chi connectivity index (χ3n) is 12.9. The van der Waals surface area contributed by atoms with Crippen molar-refractivity contribution >= 4 is 114 Å². The Morgan fingerprint density at radius 1 is 0.400 bits per heavy atom. The van der Waals surface area contributed by atoms with Gasteiger partial charge < -0.3 is 9.97 Å². The molecule has 2 fully saturated rings. The molecule has 2 N–H and O–H groups in total. The predicted octanol–water partition coefficient (Wildman–Crippen LogP) is -1.21. The third-order valence-corrected chi connectivity index (χ3v) is 12.9. The van der Waals surface area contributed by atoms with Crippen LogP contribution in [0.15, 0.2) is 24.3 Å². The van der Waals surface area contributed by atoms with E-state index in [-0.39, 0.29) is 81.8 Å². The zero-order valence-corrected chi connectivity index (χ0v) is 29.4. The van der Waals surface area contributed by atoms with Crippen LogP contribution in [-0.2, 0) is 38.4 Å². The average Bonchev–Trinajstić information content (AvgIpc) is 4.03. The number of aromatic nitrogens is 8. The van der Waals surface area contributed by atoms with E-state index in [2.05, 4.69) is 9.97 Å². The number of nitrogens with zero attached hydrogens (tertiary/aromatic N) is 6. The summed E-state index contributed by atoms with van der Waals surface area (Å²) in [6, 6.07) is 0. The largest absolute Gasteiger partial charge is 2.00 e. The number of hydrogen-bond donors (Lipinski definition) is 0. The number of nitrogens with one attached hydrogen (secondary N) is 2. The van der Waals surface area contributed by atoms with Crippen LogP contribution in [0.25, 0.3) is 44.9 Å². The quantitative estimate of drug-likeness (QED) is 0.149. The van der Waals surface area contributed by atoms with Gasteiger partial charge in [0.2, 0.25) is 46.3 Å². The number of ketones is 8. The molecule has 0 radical (unpaired) electrons. The van der Waals surface area contributed by atoms with Gasteiger partial charge in [0.1, 0.15) is 5.82 Å². The van der Waals surface area contributed by atoms with Crippen LogP contribution >= 0.6 is 0 Å². The van der Waals surface area contributed by atoms with E-state index in [0.29, 0.717) is 44.5 Å². The minimum atomic E-state index is -0.996. The van der Waals surface area contributed by atoms with Crippen LogP contribution in [0.3, 0.4) is 0 Å². The fraction of sp³-hybridized carbons (Fsp3) is 0.263. The second-order valence-electron chi connectivity index (χ2n) is 15.2. The van der Waals surface area contributed by atoms with Gasteiger partial charge in [-0.05, 0) is 18.4 Å². The summed E-state index contributed by atoms with van der Waals surface area (Å²) in [7, 11) is 0. The van der Waals surface area contributed by atoms with Crippen LogP contribution < -0.4 is 19.9 Å². The van der Waals surface area contributed by atoms with Gasteiger partial charge >= 0.3 is 23.1 Å². The summed E-state index contributed by atoms with van der Waals surface area (Å²) in [5.74, 6) is -11.1. The summed E-state index contributed by atoms with van der Waals surface area (Å²) in [6.45, 7) is 0. The van der Waals surface area contributed by atoms with Crippen molar-refractivity contribution in [1.29, 1.82) is 0 Å². The molecule has 0 aromatic carbocycles. The summed E-state index contributed by atoms with van der Waals surface area (Å²) >= 11 is 0. The van der Waals surface area contributed by atoms with Gasteiger partial charge in [-0.2, -0.15) is 0 Å². The number of carbonyl (C=O) groups is 8. The number of Topliss-reactive ketones (excluding diaryl/α,β-unsaturated/α-hetero) is 8. The van der Waals surface area contributed by atoms with Crippen molar-refractivity contribution in [2.45, 2.75) is 36.5 Å². The first-order valence-corrected chi connectivity index (χ1v) is 17.6. The average molecular weight is 739 g/mol. The van der Waals surface area contributed by atoms with Crippen LogP contribution in [0.1, 0.15) is 82.1 Å². The van der Waals surface area contributed by atoms with Crippen LogP contribution in [-0.4, -0.2) is 89.3 Å². The molecule has 0 saturated heterocycles. The molecular weight excluding hydrogens is 721 g/mol. The maximum Gasteiger partial charge on any atom is 2.00 e. The van der Waals surface area contributed by atoms with Crippen molar-refractivity contribution in [3.8, 4) is 0 Å². The Bertz CT molecular complexity index is 3020. The van der Waals surface area contributed by atoms with Gasteiger partial charge in [0.15, 0.2) is 16.9 Å². The summed E-state index contributed by atoms with van der Waals surface area (Å²) in [4.78, 5) is 141. The zero-order chi connectivity index (χ0) is 36.4. The van der Waals surface area contributed by atoms with E-state index in [0.717, 1.165) is 0 Å². The normalized spacial score (nSPS) is 31.0. The molecule has 2 saturated carbocycles. The van der Waals surface area contributed by atoms with Crippen molar-refractivity contribution in [2.75, 3.05) is 0 Å². The van der Waals surface area contributed by atoms with Gasteiger partial charge in [-0.1, -0.05) is 39.3 Å².